The molecule has 120 valence electrons. The highest BCUT2D eigenvalue weighted by molar-refractivity contribution is 5.70. The third-order valence-electron chi connectivity index (χ3n) is 3.70. The summed E-state index contributed by atoms with van der Waals surface area (Å²) in [4.78, 5) is 19.7. The molecule has 1 atom stereocenters. The highest BCUT2D eigenvalue weighted by Gasteiger charge is 2.17. The van der Waals surface area contributed by atoms with Gasteiger partial charge in [0.15, 0.2) is 0 Å². The first-order valence-corrected chi connectivity index (χ1v) is 7.49. The molecule has 6 nitrogen and oxygen atoms in total. The summed E-state index contributed by atoms with van der Waals surface area (Å²) in [6.45, 7) is 9.60. The van der Waals surface area contributed by atoms with Gasteiger partial charge in [0.1, 0.15) is 5.82 Å². The second kappa shape index (κ2) is 7.79. The minimum absolute atomic E-state index is 0.430. The van der Waals surface area contributed by atoms with Crippen LogP contribution in [0.4, 0.5) is 11.5 Å². The highest BCUT2D eigenvalue weighted by atomic mass is 16.5. The number of morpholine rings is 1. The van der Waals surface area contributed by atoms with E-state index in [0.29, 0.717) is 13.1 Å². The van der Waals surface area contributed by atoms with E-state index in [-0.39, 0.29) is 0 Å². The SMILES string of the molecule is C=CCN(CC(C)C(=O)O)c1ccc(N2CCOCC2)nc1. The van der Waals surface area contributed by atoms with Gasteiger partial charge in [-0.15, -0.1) is 6.58 Å². The molecular weight excluding hydrogens is 282 g/mol. The second-order valence-corrected chi connectivity index (χ2v) is 5.41. The van der Waals surface area contributed by atoms with Gasteiger partial charge in [-0.2, -0.15) is 0 Å². The molecule has 0 saturated carbocycles. The van der Waals surface area contributed by atoms with Crippen molar-refractivity contribution in [1.82, 2.24) is 4.98 Å². The number of carboxylic acids is 1. The predicted octanol–water partition coefficient (Wildman–Crippen LogP) is 1.63. The number of carbonyl (C=O) groups is 1. The Morgan fingerprint density at radius 2 is 2.27 bits per heavy atom. The average molecular weight is 305 g/mol. The van der Waals surface area contributed by atoms with E-state index in [1.54, 1.807) is 19.2 Å². The number of nitrogens with zero attached hydrogens (tertiary/aromatic N) is 3. The molecule has 1 aliphatic heterocycles. The van der Waals surface area contributed by atoms with Gasteiger partial charge in [-0.1, -0.05) is 13.0 Å². The lowest BCUT2D eigenvalue weighted by Gasteiger charge is -2.29. The monoisotopic (exact) mass is 305 g/mol. The van der Waals surface area contributed by atoms with E-state index >= 15 is 0 Å². The molecule has 0 aliphatic carbocycles. The zero-order chi connectivity index (χ0) is 15.9. The Kier molecular flexibility index (Phi) is 5.77. The number of hydrogen-bond donors (Lipinski definition) is 1. The van der Waals surface area contributed by atoms with Gasteiger partial charge < -0.3 is 19.6 Å². The molecule has 0 radical (unpaired) electrons. The molecule has 1 saturated heterocycles. The molecular formula is C16H23N3O3. The summed E-state index contributed by atoms with van der Waals surface area (Å²) in [5.41, 5.74) is 0.907. The molecule has 1 aromatic rings. The van der Waals surface area contributed by atoms with E-state index in [9.17, 15) is 4.79 Å². The Morgan fingerprint density at radius 1 is 1.55 bits per heavy atom. The standard InChI is InChI=1S/C16H23N3O3/c1-3-6-19(12-13(2)16(20)21)14-4-5-15(17-11-14)18-7-9-22-10-8-18/h3-5,11,13H,1,6-10,12H2,2H3,(H,20,21). The zero-order valence-corrected chi connectivity index (χ0v) is 12.9. The van der Waals surface area contributed by atoms with Crippen molar-refractivity contribution in [3.63, 3.8) is 0 Å². The Hall–Kier alpha value is -2.08. The second-order valence-electron chi connectivity index (χ2n) is 5.41. The lowest BCUT2D eigenvalue weighted by atomic mass is 10.1. The van der Waals surface area contributed by atoms with E-state index < -0.39 is 11.9 Å². The van der Waals surface area contributed by atoms with Crippen molar-refractivity contribution in [2.75, 3.05) is 49.2 Å². The van der Waals surface area contributed by atoms with E-state index in [2.05, 4.69) is 16.5 Å². The summed E-state index contributed by atoms with van der Waals surface area (Å²) < 4.78 is 5.34. The Bertz CT molecular complexity index is 498. The number of aliphatic carboxylic acids is 1. The number of aromatic nitrogens is 1. The summed E-state index contributed by atoms with van der Waals surface area (Å²) in [5.74, 6) is -0.317. The van der Waals surface area contributed by atoms with Crippen LogP contribution in [0.15, 0.2) is 31.0 Å². The van der Waals surface area contributed by atoms with Gasteiger partial charge in [0, 0.05) is 26.2 Å². The van der Waals surface area contributed by atoms with Crippen LogP contribution in [0.2, 0.25) is 0 Å². The first kappa shape index (κ1) is 16.3. The maximum Gasteiger partial charge on any atom is 0.308 e. The summed E-state index contributed by atoms with van der Waals surface area (Å²) in [5, 5.41) is 9.07. The zero-order valence-electron chi connectivity index (χ0n) is 12.9. The number of rotatable bonds is 7. The van der Waals surface area contributed by atoms with Crippen molar-refractivity contribution in [2.24, 2.45) is 5.92 Å². The number of ether oxygens (including phenoxy) is 1. The maximum atomic E-state index is 11.0. The molecule has 0 bridgehead atoms. The van der Waals surface area contributed by atoms with Crippen LogP contribution < -0.4 is 9.80 Å². The van der Waals surface area contributed by atoms with Gasteiger partial charge in [-0.05, 0) is 12.1 Å². The Morgan fingerprint density at radius 3 is 2.82 bits per heavy atom. The lowest BCUT2D eigenvalue weighted by Crippen LogP contribution is -2.37. The van der Waals surface area contributed by atoms with Crippen LogP contribution in [0.3, 0.4) is 0 Å². The van der Waals surface area contributed by atoms with E-state index in [0.717, 1.165) is 37.8 Å². The number of pyridine rings is 1. The molecule has 0 aromatic carbocycles. The summed E-state index contributed by atoms with van der Waals surface area (Å²) in [7, 11) is 0. The van der Waals surface area contributed by atoms with Crippen LogP contribution >= 0.6 is 0 Å². The number of anilines is 2. The first-order valence-electron chi connectivity index (χ1n) is 7.49. The van der Waals surface area contributed by atoms with Gasteiger partial charge in [0.2, 0.25) is 0 Å². The fourth-order valence-electron chi connectivity index (χ4n) is 2.39. The van der Waals surface area contributed by atoms with E-state index in [1.165, 1.54) is 0 Å². The summed E-state index contributed by atoms with van der Waals surface area (Å²) in [6, 6.07) is 3.96. The summed E-state index contributed by atoms with van der Waals surface area (Å²) in [6.07, 6.45) is 3.56. The fourth-order valence-corrected chi connectivity index (χ4v) is 2.39. The van der Waals surface area contributed by atoms with Gasteiger partial charge in [-0.25, -0.2) is 4.98 Å². The normalized spacial score (nSPS) is 16.1. The summed E-state index contributed by atoms with van der Waals surface area (Å²) >= 11 is 0. The quantitative estimate of drug-likeness (QED) is 0.772. The molecule has 1 fully saturated rings. The predicted molar refractivity (Wildman–Crippen MR) is 86.5 cm³/mol. The van der Waals surface area contributed by atoms with Crippen molar-refractivity contribution in [3.8, 4) is 0 Å². The van der Waals surface area contributed by atoms with Crippen LogP contribution in [0.25, 0.3) is 0 Å². The van der Waals surface area contributed by atoms with Gasteiger partial charge in [-0.3, -0.25) is 4.79 Å². The van der Waals surface area contributed by atoms with Gasteiger partial charge in [0.25, 0.3) is 0 Å². The van der Waals surface area contributed by atoms with Crippen LogP contribution in [0.5, 0.6) is 0 Å². The van der Waals surface area contributed by atoms with Gasteiger partial charge >= 0.3 is 5.97 Å². The Labute approximate surface area is 131 Å². The fraction of sp³-hybridized carbons (Fsp3) is 0.500. The molecule has 1 aromatic heterocycles. The molecule has 1 aliphatic rings. The molecule has 0 spiro atoms. The van der Waals surface area contributed by atoms with Crippen LogP contribution in [0.1, 0.15) is 6.92 Å². The molecule has 1 N–H and O–H groups in total. The Balaban J connectivity index is 2.07. The van der Waals surface area contributed by atoms with Gasteiger partial charge in [0.05, 0.1) is 31.0 Å². The average Bonchev–Trinajstić information content (AvgIpc) is 2.55. The third-order valence-corrected chi connectivity index (χ3v) is 3.70. The van der Waals surface area contributed by atoms with Crippen molar-refractivity contribution in [2.45, 2.75) is 6.92 Å². The van der Waals surface area contributed by atoms with Crippen LogP contribution in [0, 0.1) is 5.92 Å². The minimum atomic E-state index is -0.799. The van der Waals surface area contributed by atoms with Crippen molar-refractivity contribution in [1.29, 1.82) is 0 Å². The highest BCUT2D eigenvalue weighted by Crippen LogP contribution is 2.19. The third kappa shape index (κ3) is 4.21. The molecule has 6 heteroatoms. The minimum Gasteiger partial charge on any atom is -0.481 e. The van der Waals surface area contributed by atoms with Crippen molar-refractivity contribution >= 4 is 17.5 Å². The van der Waals surface area contributed by atoms with Crippen LogP contribution in [-0.4, -0.2) is 55.5 Å². The first-order chi connectivity index (χ1) is 10.6. The van der Waals surface area contributed by atoms with E-state index in [4.69, 9.17) is 9.84 Å². The number of carboxylic acid groups (broad SMARTS) is 1. The van der Waals surface area contributed by atoms with Crippen LogP contribution in [-0.2, 0) is 9.53 Å². The van der Waals surface area contributed by atoms with E-state index in [1.807, 2.05) is 17.0 Å². The number of hydrogen-bond acceptors (Lipinski definition) is 5. The smallest absolute Gasteiger partial charge is 0.308 e. The largest absolute Gasteiger partial charge is 0.481 e. The molecule has 2 rings (SSSR count). The topological polar surface area (TPSA) is 65.9 Å². The lowest BCUT2D eigenvalue weighted by molar-refractivity contribution is -0.140. The molecule has 2 heterocycles. The van der Waals surface area contributed by atoms with Crippen molar-refractivity contribution in [3.05, 3.63) is 31.0 Å². The maximum absolute atomic E-state index is 11.0. The molecule has 22 heavy (non-hydrogen) atoms. The molecule has 1 unspecified atom stereocenters. The molecule has 0 amide bonds. The van der Waals surface area contributed by atoms with Crippen molar-refractivity contribution < 1.29 is 14.6 Å².